The minimum atomic E-state index is -0.409. The molecule has 13 heavy (non-hydrogen) atoms. The first kappa shape index (κ1) is 12.2. The molecule has 0 aliphatic rings. The molecule has 0 aromatic heterocycles. The lowest BCUT2D eigenvalue weighted by molar-refractivity contribution is -0.137. The molecule has 0 heterocycles. The normalized spacial score (nSPS) is 9.31. The predicted molar refractivity (Wildman–Crippen MR) is 50.5 cm³/mol. The summed E-state index contributed by atoms with van der Waals surface area (Å²) >= 11 is 5.13. The molecule has 0 spiro atoms. The Morgan fingerprint density at radius 3 is 2.54 bits per heavy atom. The largest absolute Gasteiger partial charge is 0.463 e. The van der Waals surface area contributed by atoms with Gasteiger partial charge in [0.1, 0.15) is 0 Å². The zero-order chi connectivity index (χ0) is 10.1. The van der Waals surface area contributed by atoms with Gasteiger partial charge in [-0.05, 0) is 30.9 Å². The Balaban J connectivity index is 3.12. The Morgan fingerprint density at radius 2 is 2.00 bits per heavy atom. The Morgan fingerprint density at radius 1 is 1.31 bits per heavy atom. The zero-order valence-electron chi connectivity index (χ0n) is 7.42. The van der Waals surface area contributed by atoms with Crippen LogP contribution in [0.2, 0.25) is 0 Å². The third-order valence-electron chi connectivity index (χ3n) is 1.43. The number of esters is 1. The molecule has 0 aliphatic carbocycles. The second kappa shape index (κ2) is 7.80. The number of unbranched alkanes of at least 4 members (excludes halogenated alkanes) is 2. The Labute approximate surface area is 82.7 Å². The number of halogens is 1. The second-order valence-electron chi connectivity index (χ2n) is 2.54. The van der Waals surface area contributed by atoms with Gasteiger partial charge in [0.05, 0.1) is 6.61 Å². The van der Waals surface area contributed by atoms with Crippen molar-refractivity contribution in [2.75, 3.05) is 6.61 Å². The first-order valence-corrected chi connectivity index (χ1v) is 4.52. The monoisotopic (exact) mass is 204 g/mol. The standard InChI is InChI=1S/C9H13ClO3/c1-2-9(12)13-7-5-3-4-6-8(10)11/h2H,1,3-7H2. The molecule has 74 valence electrons. The van der Waals surface area contributed by atoms with Gasteiger partial charge in [-0.25, -0.2) is 4.79 Å². The van der Waals surface area contributed by atoms with E-state index in [0.29, 0.717) is 13.0 Å². The smallest absolute Gasteiger partial charge is 0.330 e. The highest BCUT2D eigenvalue weighted by Gasteiger charge is 1.97. The third-order valence-corrected chi connectivity index (χ3v) is 1.62. The first-order valence-electron chi connectivity index (χ1n) is 4.14. The van der Waals surface area contributed by atoms with Crippen LogP contribution in [0.5, 0.6) is 0 Å². The van der Waals surface area contributed by atoms with Gasteiger partial charge in [-0.1, -0.05) is 6.58 Å². The summed E-state index contributed by atoms with van der Waals surface area (Å²) in [5, 5.41) is -0.317. The Bertz CT molecular complexity index is 189. The maximum absolute atomic E-state index is 10.5. The van der Waals surface area contributed by atoms with E-state index in [2.05, 4.69) is 6.58 Å². The lowest BCUT2D eigenvalue weighted by atomic mass is 10.2. The van der Waals surface area contributed by atoms with Crippen molar-refractivity contribution in [3.63, 3.8) is 0 Å². The third kappa shape index (κ3) is 9.08. The summed E-state index contributed by atoms with van der Waals surface area (Å²) in [6.45, 7) is 3.64. The SMILES string of the molecule is C=CC(=O)OCCCCCC(=O)Cl. The van der Waals surface area contributed by atoms with Gasteiger partial charge in [-0.2, -0.15) is 0 Å². The summed E-state index contributed by atoms with van der Waals surface area (Å²) in [5.41, 5.74) is 0. The van der Waals surface area contributed by atoms with Crippen molar-refractivity contribution >= 4 is 22.8 Å². The number of carbonyl (C=O) groups is 2. The van der Waals surface area contributed by atoms with E-state index >= 15 is 0 Å². The fourth-order valence-electron chi connectivity index (χ4n) is 0.775. The van der Waals surface area contributed by atoms with E-state index in [0.717, 1.165) is 25.3 Å². The molecule has 0 aromatic rings. The molecular formula is C9H13ClO3. The van der Waals surface area contributed by atoms with Gasteiger partial charge in [-0.15, -0.1) is 0 Å². The minimum Gasteiger partial charge on any atom is -0.463 e. The molecule has 0 saturated carbocycles. The maximum atomic E-state index is 10.5. The Hall–Kier alpha value is -0.830. The molecule has 0 aliphatic heterocycles. The number of hydrogen-bond acceptors (Lipinski definition) is 3. The molecular weight excluding hydrogens is 192 g/mol. The predicted octanol–water partition coefficient (Wildman–Crippen LogP) is 2.04. The van der Waals surface area contributed by atoms with E-state index in [1.165, 1.54) is 0 Å². The van der Waals surface area contributed by atoms with Gasteiger partial charge >= 0.3 is 5.97 Å². The van der Waals surface area contributed by atoms with Crippen LogP contribution in [0.4, 0.5) is 0 Å². The molecule has 0 bridgehead atoms. The zero-order valence-corrected chi connectivity index (χ0v) is 8.18. The number of hydrogen-bond donors (Lipinski definition) is 0. The van der Waals surface area contributed by atoms with Gasteiger partial charge < -0.3 is 4.74 Å². The van der Waals surface area contributed by atoms with Crippen LogP contribution in [0, 0.1) is 0 Å². The topological polar surface area (TPSA) is 43.4 Å². The fraction of sp³-hybridized carbons (Fsp3) is 0.556. The first-order chi connectivity index (χ1) is 6.16. The van der Waals surface area contributed by atoms with Crippen molar-refractivity contribution in [2.24, 2.45) is 0 Å². The van der Waals surface area contributed by atoms with Crippen LogP contribution in [0.1, 0.15) is 25.7 Å². The molecule has 0 radical (unpaired) electrons. The summed E-state index contributed by atoms with van der Waals surface area (Å²) in [4.78, 5) is 20.8. The van der Waals surface area contributed by atoms with E-state index in [1.54, 1.807) is 0 Å². The van der Waals surface area contributed by atoms with Crippen molar-refractivity contribution in [1.29, 1.82) is 0 Å². The van der Waals surface area contributed by atoms with E-state index < -0.39 is 5.97 Å². The summed E-state index contributed by atoms with van der Waals surface area (Å²) in [6.07, 6.45) is 3.85. The fourth-order valence-corrected chi connectivity index (χ4v) is 0.908. The average molecular weight is 205 g/mol. The summed E-state index contributed by atoms with van der Waals surface area (Å²) < 4.78 is 4.72. The summed E-state index contributed by atoms with van der Waals surface area (Å²) in [5.74, 6) is -0.409. The lowest BCUT2D eigenvalue weighted by Gasteiger charge is -2.00. The van der Waals surface area contributed by atoms with Crippen molar-refractivity contribution in [1.82, 2.24) is 0 Å². The van der Waals surface area contributed by atoms with Crippen LogP contribution in [0.15, 0.2) is 12.7 Å². The van der Waals surface area contributed by atoms with Crippen LogP contribution in [0.25, 0.3) is 0 Å². The quantitative estimate of drug-likeness (QED) is 0.276. The van der Waals surface area contributed by atoms with Crippen LogP contribution >= 0.6 is 11.6 Å². The van der Waals surface area contributed by atoms with Crippen molar-refractivity contribution in [3.05, 3.63) is 12.7 Å². The molecule has 0 atom stereocenters. The second-order valence-corrected chi connectivity index (χ2v) is 2.96. The molecule has 0 saturated heterocycles. The number of carbonyl (C=O) groups excluding carboxylic acids is 2. The highest BCUT2D eigenvalue weighted by molar-refractivity contribution is 6.63. The van der Waals surface area contributed by atoms with Crippen molar-refractivity contribution in [3.8, 4) is 0 Å². The average Bonchev–Trinajstić information content (AvgIpc) is 2.10. The summed E-state index contributed by atoms with van der Waals surface area (Å²) in [7, 11) is 0. The Kier molecular flexibility index (Phi) is 7.30. The molecule has 0 aromatic carbocycles. The van der Waals surface area contributed by atoms with E-state index in [1.807, 2.05) is 0 Å². The van der Waals surface area contributed by atoms with Crippen LogP contribution in [-0.4, -0.2) is 17.8 Å². The molecule has 0 fully saturated rings. The molecule has 0 unspecified atom stereocenters. The molecule has 4 heteroatoms. The van der Waals surface area contributed by atoms with Gasteiger partial charge in [0.15, 0.2) is 0 Å². The summed E-state index contributed by atoms with van der Waals surface area (Å²) in [6, 6.07) is 0. The number of ether oxygens (including phenoxy) is 1. The lowest BCUT2D eigenvalue weighted by Crippen LogP contribution is -2.01. The van der Waals surface area contributed by atoms with E-state index in [9.17, 15) is 9.59 Å². The highest BCUT2D eigenvalue weighted by Crippen LogP contribution is 2.02. The highest BCUT2D eigenvalue weighted by atomic mass is 35.5. The van der Waals surface area contributed by atoms with Crippen LogP contribution in [0.3, 0.4) is 0 Å². The maximum Gasteiger partial charge on any atom is 0.330 e. The van der Waals surface area contributed by atoms with Crippen LogP contribution < -0.4 is 0 Å². The van der Waals surface area contributed by atoms with Crippen molar-refractivity contribution in [2.45, 2.75) is 25.7 Å². The molecule has 0 rings (SSSR count). The number of rotatable bonds is 7. The molecule has 3 nitrogen and oxygen atoms in total. The molecule has 0 amide bonds. The molecule has 0 N–H and O–H groups in total. The van der Waals surface area contributed by atoms with Gasteiger partial charge in [0.25, 0.3) is 0 Å². The van der Waals surface area contributed by atoms with E-state index in [4.69, 9.17) is 16.3 Å². The van der Waals surface area contributed by atoms with Gasteiger partial charge in [0, 0.05) is 12.5 Å². The van der Waals surface area contributed by atoms with E-state index in [-0.39, 0.29) is 5.24 Å². The van der Waals surface area contributed by atoms with Gasteiger partial charge in [-0.3, -0.25) is 4.79 Å². The van der Waals surface area contributed by atoms with Crippen LogP contribution in [-0.2, 0) is 14.3 Å². The minimum absolute atomic E-state index is 0.317. The van der Waals surface area contributed by atoms with Crippen molar-refractivity contribution < 1.29 is 14.3 Å². The van der Waals surface area contributed by atoms with Gasteiger partial charge in [0.2, 0.25) is 5.24 Å².